The van der Waals surface area contributed by atoms with Crippen molar-refractivity contribution in [2.24, 2.45) is 0 Å². The zero-order valence-corrected chi connectivity index (χ0v) is 21.2. The van der Waals surface area contributed by atoms with Crippen molar-refractivity contribution in [2.45, 2.75) is 34.1 Å². The average molecular weight is 510 g/mol. The zero-order valence-electron chi connectivity index (χ0n) is 16.3. The summed E-state index contributed by atoms with van der Waals surface area (Å²) in [5, 5.41) is 0. The van der Waals surface area contributed by atoms with Crippen LogP contribution in [0.25, 0.3) is 0 Å². The summed E-state index contributed by atoms with van der Waals surface area (Å²) in [5.74, 6) is 0. The van der Waals surface area contributed by atoms with Gasteiger partial charge in [0.1, 0.15) is 0 Å². The first-order chi connectivity index (χ1) is 12.8. The fourth-order valence-electron chi connectivity index (χ4n) is 3.06. The van der Waals surface area contributed by atoms with E-state index in [4.69, 9.17) is 0 Å². The fourth-order valence-corrected chi connectivity index (χ4v) is 12.8. The Morgan fingerprint density at radius 1 is 0.500 bits per heavy atom. The van der Waals surface area contributed by atoms with Crippen LogP contribution in [0.4, 0.5) is 0 Å². The monoisotopic (exact) mass is 512 g/mol. The van der Waals surface area contributed by atoms with Gasteiger partial charge in [0.15, 0.2) is 0 Å². The van der Waals surface area contributed by atoms with Crippen LogP contribution in [0.15, 0.2) is 91.0 Å². The Bertz CT molecular complexity index is 610. The summed E-state index contributed by atoms with van der Waals surface area (Å²) < 4.78 is 9.15. The van der Waals surface area contributed by atoms with Crippen molar-refractivity contribution in [3.05, 3.63) is 91.0 Å². The molecule has 0 saturated heterocycles. The van der Waals surface area contributed by atoms with Crippen LogP contribution in [0.2, 0.25) is 13.3 Å². The van der Waals surface area contributed by atoms with E-state index in [0.717, 1.165) is 0 Å². The predicted molar refractivity (Wildman–Crippen MR) is 121 cm³/mol. The van der Waals surface area contributed by atoms with Crippen LogP contribution < -0.4 is 13.2 Å². The molecule has 0 aliphatic heterocycles. The molecule has 0 fully saturated rings. The molecule has 0 atom stereocenters. The second-order valence-corrected chi connectivity index (χ2v) is 21.8. The summed E-state index contributed by atoms with van der Waals surface area (Å²) in [6, 6.07) is 32.8. The molecule has 0 bridgehead atoms. The second-order valence-electron chi connectivity index (χ2n) is 6.28. The fraction of sp³-hybridized carbons (Fsp3) is 0.250. The van der Waals surface area contributed by atoms with Crippen molar-refractivity contribution in [1.82, 2.24) is 0 Å². The average Bonchev–Trinajstić information content (AvgIpc) is 2.72. The topological polar surface area (TPSA) is 0 Å². The third-order valence-corrected chi connectivity index (χ3v) is 19.0. The van der Waals surface area contributed by atoms with Gasteiger partial charge in [-0.2, -0.15) is 0 Å². The minimum absolute atomic E-state index is 0.653. The molecule has 0 aliphatic rings. The van der Waals surface area contributed by atoms with Crippen molar-refractivity contribution in [3.63, 3.8) is 0 Å². The van der Waals surface area contributed by atoms with E-state index in [9.17, 15) is 0 Å². The van der Waals surface area contributed by atoms with Crippen LogP contribution in [0.1, 0.15) is 20.8 Å². The molecule has 0 N–H and O–H groups in total. The summed E-state index contributed by atoms with van der Waals surface area (Å²) in [6.07, 6.45) is 0. The van der Waals surface area contributed by atoms with E-state index in [1.807, 2.05) is 0 Å². The summed E-state index contributed by atoms with van der Waals surface area (Å²) >= 11 is -2.28. The van der Waals surface area contributed by atoms with E-state index in [1.54, 1.807) is 13.3 Å². The molecule has 0 aromatic heterocycles. The van der Waals surface area contributed by atoms with Gasteiger partial charge in [0, 0.05) is 0 Å². The van der Waals surface area contributed by atoms with Gasteiger partial charge in [-0.3, -0.25) is 0 Å². The Hall–Kier alpha value is -0.998. The summed E-state index contributed by atoms with van der Waals surface area (Å²) in [7, 11) is 0. The molecule has 3 aromatic carbocycles. The first-order valence-electron chi connectivity index (χ1n) is 9.66. The van der Waals surface area contributed by atoms with Gasteiger partial charge in [0.25, 0.3) is 0 Å². The minimum atomic E-state index is -1.63. The van der Waals surface area contributed by atoms with E-state index in [2.05, 4.69) is 112 Å². The van der Waals surface area contributed by atoms with Gasteiger partial charge in [0.2, 0.25) is 0 Å². The van der Waals surface area contributed by atoms with Crippen molar-refractivity contribution >= 4 is 47.3 Å². The van der Waals surface area contributed by atoms with Gasteiger partial charge in [-0.25, -0.2) is 0 Å². The molecule has 0 aliphatic carbocycles. The van der Waals surface area contributed by atoms with E-state index < -0.39 is 34.1 Å². The molecule has 0 saturated carbocycles. The Labute approximate surface area is 171 Å². The number of hydrogen-bond acceptors (Lipinski definition) is 0. The molecular weight excluding hydrogens is 480 g/mol. The van der Waals surface area contributed by atoms with Crippen LogP contribution in [0.3, 0.4) is 0 Å². The summed E-state index contributed by atoms with van der Waals surface area (Å²) in [5.41, 5.74) is 0. The van der Waals surface area contributed by atoms with Crippen LogP contribution >= 0.6 is 0 Å². The molecule has 26 heavy (non-hydrogen) atoms. The van der Waals surface area contributed by atoms with Crippen LogP contribution in [0.5, 0.6) is 0 Å². The molecule has 0 heterocycles. The van der Waals surface area contributed by atoms with Crippen LogP contribution in [-0.2, 0) is 0 Å². The van der Waals surface area contributed by atoms with Crippen LogP contribution in [-0.4, -0.2) is 34.1 Å². The van der Waals surface area contributed by atoms with Crippen molar-refractivity contribution in [3.8, 4) is 0 Å². The van der Waals surface area contributed by atoms with E-state index >= 15 is 0 Å². The van der Waals surface area contributed by atoms with Crippen molar-refractivity contribution in [1.29, 1.82) is 0 Å². The maximum absolute atomic E-state index is 2.35. The molecule has 134 valence electrons. The Balaban J connectivity index is 0.000000298. The molecule has 2 heteroatoms. The van der Waals surface area contributed by atoms with Gasteiger partial charge in [-0.05, 0) is 0 Å². The molecule has 3 rings (SSSR count). The molecule has 0 unspecified atom stereocenters. The van der Waals surface area contributed by atoms with Gasteiger partial charge in [-0.1, -0.05) is 0 Å². The van der Waals surface area contributed by atoms with Crippen molar-refractivity contribution < 1.29 is 0 Å². The predicted octanol–water partition coefficient (Wildman–Crippen LogP) is 4.74. The maximum atomic E-state index is 2.35. The Morgan fingerprint density at radius 2 is 0.769 bits per heavy atom. The van der Waals surface area contributed by atoms with Gasteiger partial charge >= 0.3 is 172 Å². The second kappa shape index (κ2) is 12.4. The molecule has 0 nitrogen and oxygen atoms in total. The van der Waals surface area contributed by atoms with Gasteiger partial charge in [0.05, 0.1) is 0 Å². The molecular formula is C24H30GeSn. The number of benzene rings is 3. The van der Waals surface area contributed by atoms with E-state index in [1.165, 1.54) is 13.2 Å². The van der Waals surface area contributed by atoms with E-state index in [-0.39, 0.29) is 0 Å². The van der Waals surface area contributed by atoms with Crippen molar-refractivity contribution in [2.75, 3.05) is 0 Å². The number of hydrogen-bond donors (Lipinski definition) is 0. The SMILES string of the molecule is C[CH2][Sn]([CH2]C)[CH2]C.c1cc[c]([Ge]([c]2ccccc2)[c]2ccccc2)cc1. The molecule has 0 amide bonds. The zero-order chi connectivity index (χ0) is 18.6. The third-order valence-electron chi connectivity index (χ3n) is 4.69. The van der Waals surface area contributed by atoms with E-state index in [0.29, 0.717) is 0 Å². The van der Waals surface area contributed by atoms with Gasteiger partial charge in [-0.15, -0.1) is 0 Å². The quantitative estimate of drug-likeness (QED) is 0.421. The third kappa shape index (κ3) is 6.62. The molecule has 2 radical (unpaired) electrons. The standard InChI is InChI=1S/C18H15Ge.3C2H5.Sn/c1-4-10-16(11-5-1)19(17-12-6-2-7-13-17)18-14-8-3-9-15-18;3*1-2;/h1-15H;3*1H2,2H3;. The molecule has 0 spiro atoms. The summed E-state index contributed by atoms with van der Waals surface area (Å²) in [6.45, 7) is 7.05. The van der Waals surface area contributed by atoms with Crippen LogP contribution in [0, 0.1) is 0 Å². The first kappa shape index (κ1) is 21.3. The van der Waals surface area contributed by atoms with Gasteiger partial charge < -0.3 is 0 Å². The first-order valence-corrected chi connectivity index (χ1v) is 18.9. The summed E-state index contributed by atoms with van der Waals surface area (Å²) in [4.78, 5) is 0. The normalized spacial score (nSPS) is 10.5. The molecule has 3 aromatic rings. The Morgan fingerprint density at radius 3 is 0.962 bits per heavy atom. The Kier molecular flexibility index (Phi) is 10.2. The number of rotatable bonds is 6.